The van der Waals surface area contributed by atoms with Crippen LogP contribution >= 0.6 is 0 Å². The molecule has 1 aromatic carbocycles. The van der Waals surface area contributed by atoms with E-state index in [1.165, 1.54) is 0 Å². The summed E-state index contributed by atoms with van der Waals surface area (Å²) in [4.78, 5) is 9.11. The Morgan fingerprint density at radius 3 is 2.64 bits per heavy atom. The molecule has 0 aliphatic carbocycles. The molecule has 0 bridgehead atoms. The second kappa shape index (κ2) is 4.91. The van der Waals surface area contributed by atoms with Crippen LogP contribution in [0.4, 0.5) is 0 Å². The van der Waals surface area contributed by atoms with E-state index in [0.717, 1.165) is 22.7 Å². The number of nitrogens with zero attached hydrogens (tertiary/aromatic N) is 3. The van der Waals surface area contributed by atoms with Crippen LogP contribution in [0, 0.1) is 0 Å². The molecular weight excluding hydrogens is 298 g/mol. The maximum Gasteiger partial charge on any atom is 0.164 e. The molecule has 2 aromatic heterocycles. The van der Waals surface area contributed by atoms with Crippen LogP contribution in [0.25, 0.3) is 16.9 Å². The fraction of sp³-hybridized carbons (Fsp3) is 0.250. The number of sulfone groups is 1. The predicted molar refractivity (Wildman–Crippen MR) is 84.9 cm³/mol. The van der Waals surface area contributed by atoms with Crippen LogP contribution in [0.15, 0.2) is 48.7 Å². The summed E-state index contributed by atoms with van der Waals surface area (Å²) < 4.78 is 25.6. The van der Waals surface area contributed by atoms with Gasteiger partial charge in [-0.15, -0.1) is 0 Å². The minimum atomic E-state index is -2.95. The molecule has 1 unspecified atom stereocenters. The van der Waals surface area contributed by atoms with Gasteiger partial charge in [0.25, 0.3) is 0 Å². The molecule has 1 saturated heterocycles. The minimum absolute atomic E-state index is 0.0700. The van der Waals surface area contributed by atoms with Crippen molar-refractivity contribution < 1.29 is 8.42 Å². The summed E-state index contributed by atoms with van der Waals surface area (Å²) in [5.74, 6) is 1.13. The van der Waals surface area contributed by atoms with Crippen LogP contribution in [0.5, 0.6) is 0 Å². The topological polar surface area (TPSA) is 64.8 Å². The third-order valence-electron chi connectivity index (χ3n) is 4.05. The Labute approximate surface area is 128 Å². The van der Waals surface area contributed by atoms with Gasteiger partial charge in [-0.1, -0.05) is 18.2 Å². The van der Waals surface area contributed by atoms with E-state index >= 15 is 0 Å². The molecule has 6 heteroatoms. The summed E-state index contributed by atoms with van der Waals surface area (Å²) in [6.45, 7) is 0. The zero-order valence-electron chi connectivity index (χ0n) is 11.9. The van der Waals surface area contributed by atoms with Crippen LogP contribution in [0.3, 0.4) is 0 Å². The van der Waals surface area contributed by atoms with Crippen molar-refractivity contribution in [1.82, 2.24) is 14.5 Å². The Bertz CT molecular complexity index is 932. The highest BCUT2D eigenvalue weighted by Crippen LogP contribution is 2.32. The second-order valence-corrected chi connectivity index (χ2v) is 7.82. The molecule has 3 heterocycles. The Balaban J connectivity index is 1.95. The summed E-state index contributed by atoms with van der Waals surface area (Å²) in [6, 6.07) is 13.6. The SMILES string of the molecule is O=S1(=O)CCC(c2nc3cccnc3n2-c2ccccc2)C1. The summed E-state index contributed by atoms with van der Waals surface area (Å²) in [7, 11) is -2.95. The van der Waals surface area contributed by atoms with Gasteiger partial charge in [0, 0.05) is 17.8 Å². The van der Waals surface area contributed by atoms with Crippen LogP contribution in [-0.2, 0) is 9.84 Å². The van der Waals surface area contributed by atoms with Gasteiger partial charge in [0.05, 0.1) is 11.5 Å². The van der Waals surface area contributed by atoms with E-state index in [4.69, 9.17) is 0 Å². The van der Waals surface area contributed by atoms with Crippen molar-refractivity contribution in [3.8, 4) is 5.69 Å². The number of para-hydroxylation sites is 1. The lowest BCUT2D eigenvalue weighted by atomic mass is 10.1. The van der Waals surface area contributed by atoms with Gasteiger partial charge in [0.2, 0.25) is 0 Å². The molecule has 5 nitrogen and oxygen atoms in total. The molecule has 1 fully saturated rings. The van der Waals surface area contributed by atoms with E-state index in [1.807, 2.05) is 47.0 Å². The average molecular weight is 313 g/mol. The van der Waals surface area contributed by atoms with Crippen molar-refractivity contribution in [1.29, 1.82) is 0 Å². The van der Waals surface area contributed by atoms with Gasteiger partial charge < -0.3 is 0 Å². The number of fused-ring (bicyclic) bond motifs is 1. The lowest BCUT2D eigenvalue weighted by molar-refractivity contribution is 0.601. The largest absolute Gasteiger partial charge is 0.280 e. The summed E-state index contributed by atoms with van der Waals surface area (Å²) >= 11 is 0. The zero-order valence-corrected chi connectivity index (χ0v) is 12.7. The molecule has 1 atom stereocenters. The smallest absolute Gasteiger partial charge is 0.164 e. The Morgan fingerprint density at radius 1 is 1.09 bits per heavy atom. The zero-order chi connectivity index (χ0) is 15.2. The number of pyridine rings is 1. The number of benzene rings is 1. The van der Waals surface area contributed by atoms with Crippen molar-refractivity contribution in [2.24, 2.45) is 0 Å². The maximum absolute atomic E-state index is 11.8. The van der Waals surface area contributed by atoms with Crippen molar-refractivity contribution in [3.05, 3.63) is 54.5 Å². The average Bonchev–Trinajstić information content (AvgIpc) is 3.08. The highest BCUT2D eigenvalue weighted by atomic mass is 32.2. The molecule has 3 aromatic rings. The summed E-state index contributed by atoms with van der Waals surface area (Å²) in [5, 5.41) is 0. The summed E-state index contributed by atoms with van der Waals surface area (Å²) in [5.41, 5.74) is 2.53. The number of imidazole rings is 1. The fourth-order valence-electron chi connectivity index (χ4n) is 3.03. The van der Waals surface area contributed by atoms with Gasteiger partial charge in [-0.3, -0.25) is 4.57 Å². The molecular formula is C16H15N3O2S. The molecule has 0 N–H and O–H groups in total. The predicted octanol–water partition coefficient (Wildman–Crippen LogP) is 2.32. The first-order chi connectivity index (χ1) is 10.6. The van der Waals surface area contributed by atoms with Crippen LogP contribution in [0.2, 0.25) is 0 Å². The van der Waals surface area contributed by atoms with Crippen molar-refractivity contribution in [2.75, 3.05) is 11.5 Å². The van der Waals surface area contributed by atoms with Gasteiger partial charge in [0.15, 0.2) is 15.5 Å². The minimum Gasteiger partial charge on any atom is -0.280 e. The third kappa shape index (κ3) is 2.20. The van der Waals surface area contributed by atoms with E-state index in [-0.39, 0.29) is 17.4 Å². The molecule has 0 spiro atoms. The van der Waals surface area contributed by atoms with Crippen molar-refractivity contribution in [3.63, 3.8) is 0 Å². The van der Waals surface area contributed by atoms with Crippen LogP contribution < -0.4 is 0 Å². The molecule has 0 amide bonds. The van der Waals surface area contributed by atoms with Gasteiger partial charge in [0.1, 0.15) is 11.3 Å². The monoisotopic (exact) mass is 313 g/mol. The Morgan fingerprint density at radius 2 is 1.91 bits per heavy atom. The number of hydrogen-bond donors (Lipinski definition) is 0. The Kier molecular flexibility index (Phi) is 3.00. The quantitative estimate of drug-likeness (QED) is 0.728. The molecule has 0 saturated carbocycles. The van der Waals surface area contributed by atoms with Crippen LogP contribution in [-0.4, -0.2) is 34.5 Å². The van der Waals surface area contributed by atoms with E-state index in [2.05, 4.69) is 9.97 Å². The van der Waals surface area contributed by atoms with E-state index in [9.17, 15) is 8.42 Å². The third-order valence-corrected chi connectivity index (χ3v) is 5.82. The first-order valence-corrected chi connectivity index (χ1v) is 9.05. The second-order valence-electron chi connectivity index (χ2n) is 5.59. The van der Waals surface area contributed by atoms with Crippen molar-refractivity contribution in [2.45, 2.75) is 12.3 Å². The molecule has 0 radical (unpaired) electrons. The highest BCUT2D eigenvalue weighted by Gasteiger charge is 2.33. The normalized spacial score (nSPS) is 20.5. The standard InChI is InChI=1S/C16H15N3O2S/c20-22(21)10-8-12(11-22)15-18-14-7-4-9-17-16(14)19(15)13-5-2-1-3-6-13/h1-7,9,12H,8,10-11H2. The number of rotatable bonds is 2. The van der Waals surface area contributed by atoms with E-state index in [1.54, 1.807) is 6.20 Å². The van der Waals surface area contributed by atoms with Crippen LogP contribution in [0.1, 0.15) is 18.2 Å². The van der Waals surface area contributed by atoms with Gasteiger partial charge in [-0.05, 0) is 30.7 Å². The molecule has 1 aliphatic rings. The number of hydrogen-bond acceptors (Lipinski definition) is 4. The molecule has 1 aliphatic heterocycles. The number of aromatic nitrogens is 3. The van der Waals surface area contributed by atoms with Gasteiger partial charge in [-0.25, -0.2) is 18.4 Å². The van der Waals surface area contributed by atoms with Gasteiger partial charge >= 0.3 is 0 Å². The maximum atomic E-state index is 11.8. The lowest BCUT2D eigenvalue weighted by Crippen LogP contribution is -2.10. The fourth-order valence-corrected chi connectivity index (χ4v) is 4.77. The van der Waals surface area contributed by atoms with E-state index < -0.39 is 9.84 Å². The highest BCUT2D eigenvalue weighted by molar-refractivity contribution is 7.91. The molecule has 112 valence electrons. The molecule has 4 rings (SSSR count). The Hall–Kier alpha value is -2.21. The van der Waals surface area contributed by atoms with Crippen molar-refractivity contribution >= 4 is 21.0 Å². The molecule has 22 heavy (non-hydrogen) atoms. The van der Waals surface area contributed by atoms with Gasteiger partial charge in [-0.2, -0.15) is 0 Å². The first kappa shape index (κ1) is 13.5. The first-order valence-electron chi connectivity index (χ1n) is 7.23. The van der Waals surface area contributed by atoms with E-state index in [0.29, 0.717) is 6.42 Å². The summed E-state index contributed by atoms with van der Waals surface area (Å²) in [6.07, 6.45) is 2.36. The lowest BCUT2D eigenvalue weighted by Gasteiger charge is -2.12.